The molecule has 21 heavy (non-hydrogen) atoms. The van der Waals surface area contributed by atoms with Gasteiger partial charge in [-0.3, -0.25) is 0 Å². The van der Waals surface area contributed by atoms with Gasteiger partial charge < -0.3 is 20.1 Å². The predicted molar refractivity (Wildman–Crippen MR) is 88.0 cm³/mol. The molecule has 0 fully saturated rings. The number of benzene rings is 1. The summed E-state index contributed by atoms with van der Waals surface area (Å²) in [5.41, 5.74) is 7.41. The van der Waals surface area contributed by atoms with Gasteiger partial charge >= 0.3 is 0 Å². The number of likely N-dealkylation sites (N-methyl/N-ethyl adjacent to an activating group) is 1. The Morgan fingerprint density at radius 1 is 1.10 bits per heavy atom. The molecule has 0 amide bonds. The van der Waals surface area contributed by atoms with Crippen LogP contribution in [0.1, 0.15) is 38.8 Å². The van der Waals surface area contributed by atoms with E-state index in [-0.39, 0.29) is 6.04 Å². The minimum absolute atomic E-state index is 0.0376. The van der Waals surface area contributed by atoms with Crippen LogP contribution in [0.3, 0.4) is 0 Å². The van der Waals surface area contributed by atoms with Crippen molar-refractivity contribution in [2.45, 2.75) is 39.3 Å². The van der Waals surface area contributed by atoms with Crippen LogP contribution in [0.25, 0.3) is 0 Å². The molecule has 0 spiro atoms. The predicted octanol–water partition coefficient (Wildman–Crippen LogP) is 3.07. The van der Waals surface area contributed by atoms with E-state index in [1.165, 1.54) is 6.42 Å². The number of ether oxygens (including phenoxy) is 2. The van der Waals surface area contributed by atoms with Gasteiger partial charge in [0.05, 0.1) is 14.2 Å². The summed E-state index contributed by atoms with van der Waals surface area (Å²) in [5.74, 6) is 2.15. The molecule has 1 aromatic carbocycles. The lowest BCUT2D eigenvalue weighted by Crippen LogP contribution is -2.36. The summed E-state index contributed by atoms with van der Waals surface area (Å²) in [4.78, 5) is 2.32. The Labute approximate surface area is 129 Å². The molecular formula is C17H30N2O2. The first-order chi connectivity index (χ1) is 9.88. The lowest BCUT2D eigenvalue weighted by atomic mass is 10.0. The van der Waals surface area contributed by atoms with Crippen molar-refractivity contribution in [1.82, 2.24) is 4.90 Å². The quantitative estimate of drug-likeness (QED) is 0.800. The smallest absolute Gasteiger partial charge is 0.161 e. The molecule has 0 aliphatic rings. The molecule has 2 N–H and O–H groups in total. The van der Waals surface area contributed by atoms with Gasteiger partial charge in [0.25, 0.3) is 0 Å². The van der Waals surface area contributed by atoms with Gasteiger partial charge in [0.15, 0.2) is 11.5 Å². The first kappa shape index (κ1) is 17.8. The van der Waals surface area contributed by atoms with Crippen molar-refractivity contribution >= 4 is 0 Å². The minimum Gasteiger partial charge on any atom is -0.493 e. The molecule has 0 aromatic heterocycles. The van der Waals surface area contributed by atoms with E-state index in [2.05, 4.69) is 32.7 Å². The zero-order chi connectivity index (χ0) is 16.0. The fourth-order valence-corrected chi connectivity index (χ4v) is 2.54. The Kier molecular flexibility index (Phi) is 6.99. The minimum atomic E-state index is -0.0376. The highest BCUT2D eigenvalue weighted by molar-refractivity contribution is 5.43. The number of methoxy groups -OCH3 is 2. The molecular weight excluding hydrogens is 264 g/mol. The van der Waals surface area contributed by atoms with Gasteiger partial charge in [-0.05, 0) is 44.0 Å². The molecule has 2 atom stereocenters. The van der Waals surface area contributed by atoms with Gasteiger partial charge in [-0.25, -0.2) is 0 Å². The van der Waals surface area contributed by atoms with Crippen LogP contribution >= 0.6 is 0 Å². The maximum atomic E-state index is 6.34. The third-order valence-electron chi connectivity index (χ3n) is 3.89. The molecule has 1 rings (SSSR count). The number of nitrogens with zero attached hydrogens (tertiary/aromatic N) is 1. The average Bonchev–Trinajstić information content (AvgIpc) is 2.45. The Balaban J connectivity index is 2.73. The maximum Gasteiger partial charge on any atom is 0.161 e. The van der Waals surface area contributed by atoms with Gasteiger partial charge in [0.1, 0.15) is 0 Å². The summed E-state index contributed by atoms with van der Waals surface area (Å²) in [5, 5.41) is 0. The lowest BCUT2D eigenvalue weighted by Gasteiger charge is -2.29. The first-order valence-electron chi connectivity index (χ1n) is 7.56. The molecule has 0 heterocycles. The van der Waals surface area contributed by atoms with E-state index >= 15 is 0 Å². The Morgan fingerprint density at radius 2 is 1.71 bits per heavy atom. The van der Waals surface area contributed by atoms with Crippen LogP contribution in [-0.2, 0) is 0 Å². The zero-order valence-corrected chi connectivity index (χ0v) is 14.2. The number of hydrogen-bond acceptors (Lipinski definition) is 4. The maximum absolute atomic E-state index is 6.34. The Morgan fingerprint density at radius 3 is 2.24 bits per heavy atom. The van der Waals surface area contributed by atoms with Crippen LogP contribution < -0.4 is 15.2 Å². The molecule has 4 nitrogen and oxygen atoms in total. The van der Waals surface area contributed by atoms with Gasteiger partial charge in [0, 0.05) is 18.6 Å². The molecule has 0 aliphatic carbocycles. The van der Waals surface area contributed by atoms with Gasteiger partial charge in [-0.2, -0.15) is 0 Å². The molecule has 0 saturated heterocycles. The summed E-state index contributed by atoms with van der Waals surface area (Å²) in [6, 6.07) is 6.36. The van der Waals surface area contributed by atoms with Crippen LogP contribution in [0.15, 0.2) is 18.2 Å². The van der Waals surface area contributed by atoms with Crippen molar-refractivity contribution in [3.05, 3.63) is 23.8 Å². The highest BCUT2D eigenvalue weighted by atomic mass is 16.5. The number of rotatable bonds is 8. The monoisotopic (exact) mass is 294 g/mol. The van der Waals surface area contributed by atoms with Crippen LogP contribution in [0.2, 0.25) is 0 Å². The van der Waals surface area contributed by atoms with E-state index in [0.29, 0.717) is 12.0 Å². The third-order valence-corrected chi connectivity index (χ3v) is 3.89. The van der Waals surface area contributed by atoms with Crippen LogP contribution in [0.4, 0.5) is 0 Å². The largest absolute Gasteiger partial charge is 0.493 e. The topological polar surface area (TPSA) is 47.7 Å². The number of nitrogens with two attached hydrogens (primary N) is 1. The van der Waals surface area contributed by atoms with Crippen LogP contribution in [-0.4, -0.2) is 38.8 Å². The summed E-state index contributed by atoms with van der Waals surface area (Å²) in [7, 11) is 5.41. The van der Waals surface area contributed by atoms with E-state index in [1.807, 2.05) is 18.2 Å². The second kappa shape index (κ2) is 8.25. The van der Waals surface area contributed by atoms with Crippen LogP contribution in [0.5, 0.6) is 11.5 Å². The van der Waals surface area contributed by atoms with Crippen molar-refractivity contribution in [3.63, 3.8) is 0 Å². The second-order valence-corrected chi connectivity index (χ2v) is 6.14. The molecule has 2 unspecified atom stereocenters. The van der Waals surface area contributed by atoms with E-state index in [1.54, 1.807) is 14.2 Å². The number of hydrogen-bond donors (Lipinski definition) is 1. The average molecular weight is 294 g/mol. The fourth-order valence-electron chi connectivity index (χ4n) is 2.54. The Hall–Kier alpha value is -1.26. The second-order valence-electron chi connectivity index (χ2n) is 6.14. The van der Waals surface area contributed by atoms with Gasteiger partial charge in [-0.15, -0.1) is 0 Å². The summed E-state index contributed by atoms with van der Waals surface area (Å²) < 4.78 is 10.6. The lowest BCUT2D eigenvalue weighted by molar-refractivity contribution is 0.216. The van der Waals surface area contributed by atoms with E-state index in [9.17, 15) is 0 Å². The van der Waals surface area contributed by atoms with Crippen molar-refractivity contribution in [3.8, 4) is 11.5 Å². The molecule has 0 bridgehead atoms. The summed E-state index contributed by atoms with van der Waals surface area (Å²) in [6.45, 7) is 7.57. The first-order valence-corrected chi connectivity index (χ1v) is 7.56. The van der Waals surface area contributed by atoms with E-state index in [0.717, 1.165) is 23.6 Å². The molecule has 120 valence electrons. The van der Waals surface area contributed by atoms with Gasteiger partial charge in [0.2, 0.25) is 0 Å². The highest BCUT2D eigenvalue weighted by Crippen LogP contribution is 2.29. The molecule has 0 aliphatic heterocycles. The molecule has 0 radical (unpaired) electrons. The fraction of sp³-hybridized carbons (Fsp3) is 0.647. The molecule has 0 saturated carbocycles. The van der Waals surface area contributed by atoms with Crippen LogP contribution in [0, 0.1) is 5.92 Å². The SMILES string of the molecule is COc1ccc(C(N)CN(C)C(C)CC(C)C)cc1OC. The Bertz CT molecular complexity index is 435. The molecule has 4 heteroatoms. The van der Waals surface area contributed by atoms with Crippen molar-refractivity contribution in [2.24, 2.45) is 11.7 Å². The zero-order valence-electron chi connectivity index (χ0n) is 14.2. The van der Waals surface area contributed by atoms with Gasteiger partial charge in [-0.1, -0.05) is 19.9 Å². The summed E-state index contributed by atoms with van der Waals surface area (Å²) >= 11 is 0. The van der Waals surface area contributed by atoms with E-state index in [4.69, 9.17) is 15.2 Å². The third kappa shape index (κ3) is 5.21. The standard InChI is InChI=1S/C17H30N2O2/c1-12(2)9-13(3)19(4)11-15(18)14-7-8-16(20-5)17(10-14)21-6/h7-8,10,12-13,15H,9,11,18H2,1-6H3. The van der Waals surface area contributed by atoms with Crippen molar-refractivity contribution in [2.75, 3.05) is 27.8 Å². The normalized spacial score (nSPS) is 14.3. The highest BCUT2D eigenvalue weighted by Gasteiger charge is 2.16. The van der Waals surface area contributed by atoms with Crippen molar-refractivity contribution < 1.29 is 9.47 Å². The summed E-state index contributed by atoms with van der Waals surface area (Å²) in [6.07, 6.45) is 1.18. The van der Waals surface area contributed by atoms with Crippen molar-refractivity contribution in [1.29, 1.82) is 0 Å². The molecule has 1 aromatic rings. The van der Waals surface area contributed by atoms with E-state index < -0.39 is 0 Å².